The summed E-state index contributed by atoms with van der Waals surface area (Å²) in [4.78, 5) is 23.0. The van der Waals surface area contributed by atoms with E-state index in [0.717, 1.165) is 16.3 Å². The summed E-state index contributed by atoms with van der Waals surface area (Å²) in [7, 11) is 0. The largest absolute Gasteiger partial charge is 0.550 e. The monoisotopic (exact) mass is 373 g/mol. The maximum atomic E-state index is 12.1. The molecule has 140 valence electrons. The van der Waals surface area contributed by atoms with Crippen LogP contribution in [-0.4, -0.2) is 5.97 Å². The van der Waals surface area contributed by atoms with Crippen LogP contribution in [0.2, 0.25) is 0 Å². The van der Waals surface area contributed by atoms with Crippen molar-refractivity contribution in [2.45, 2.75) is 20.0 Å². The van der Waals surface area contributed by atoms with Gasteiger partial charge in [0.1, 0.15) is 17.9 Å². The molecule has 0 aliphatic carbocycles. The van der Waals surface area contributed by atoms with Gasteiger partial charge in [0.05, 0.1) is 0 Å². The second kappa shape index (κ2) is 7.19. The summed E-state index contributed by atoms with van der Waals surface area (Å²) < 4.78 is 11.2. The van der Waals surface area contributed by atoms with Gasteiger partial charge in [-0.25, -0.2) is 4.79 Å². The number of carbonyl (C=O) groups excluding carboxylic acids is 1. The van der Waals surface area contributed by atoms with Crippen molar-refractivity contribution in [3.8, 4) is 5.75 Å². The van der Waals surface area contributed by atoms with Crippen molar-refractivity contribution in [1.82, 2.24) is 0 Å². The first kappa shape index (κ1) is 17.8. The highest BCUT2D eigenvalue weighted by atomic mass is 16.5. The van der Waals surface area contributed by atoms with Crippen molar-refractivity contribution < 1.29 is 19.1 Å². The molecule has 0 fully saturated rings. The lowest BCUT2D eigenvalue weighted by molar-refractivity contribution is -0.304. The van der Waals surface area contributed by atoms with Gasteiger partial charge in [-0.2, -0.15) is 0 Å². The summed E-state index contributed by atoms with van der Waals surface area (Å²) in [6.07, 6.45) is -0.469. The van der Waals surface area contributed by atoms with Crippen molar-refractivity contribution in [2.24, 2.45) is 0 Å². The van der Waals surface area contributed by atoms with Crippen LogP contribution < -0.4 is 15.5 Å². The zero-order valence-electron chi connectivity index (χ0n) is 15.2. The van der Waals surface area contributed by atoms with Gasteiger partial charge in [0.15, 0.2) is 0 Å². The van der Waals surface area contributed by atoms with Gasteiger partial charge in [0.25, 0.3) is 0 Å². The number of hydrogen-bond donors (Lipinski definition) is 0. The quantitative estimate of drug-likeness (QED) is 0.502. The van der Waals surface area contributed by atoms with Crippen LogP contribution in [0.1, 0.15) is 16.7 Å². The first-order chi connectivity index (χ1) is 13.5. The topological polar surface area (TPSA) is 79.6 Å². The number of rotatable bonds is 5. The minimum Gasteiger partial charge on any atom is -0.550 e. The molecular formula is C23H17O5-. The van der Waals surface area contributed by atoms with Gasteiger partial charge in [-0.15, -0.1) is 0 Å². The van der Waals surface area contributed by atoms with Crippen LogP contribution in [0.25, 0.3) is 21.7 Å². The van der Waals surface area contributed by atoms with Gasteiger partial charge < -0.3 is 19.1 Å². The van der Waals surface area contributed by atoms with Crippen LogP contribution in [0.15, 0.2) is 69.9 Å². The van der Waals surface area contributed by atoms with Crippen molar-refractivity contribution in [1.29, 1.82) is 0 Å². The smallest absolute Gasteiger partial charge is 0.340 e. The minimum atomic E-state index is -1.32. The van der Waals surface area contributed by atoms with E-state index >= 15 is 0 Å². The molecule has 0 atom stereocenters. The third-order valence-corrected chi connectivity index (χ3v) is 4.85. The first-order valence-corrected chi connectivity index (χ1v) is 8.88. The Morgan fingerprint density at radius 3 is 2.64 bits per heavy atom. The molecule has 0 radical (unpaired) electrons. The number of aliphatic carboxylic acids is 1. The van der Waals surface area contributed by atoms with E-state index in [1.807, 2.05) is 24.3 Å². The van der Waals surface area contributed by atoms with Crippen LogP contribution >= 0.6 is 0 Å². The van der Waals surface area contributed by atoms with Crippen molar-refractivity contribution in [2.75, 3.05) is 0 Å². The summed E-state index contributed by atoms with van der Waals surface area (Å²) in [6, 6.07) is 19.3. The Kier molecular flexibility index (Phi) is 4.57. The number of hydrogen-bond acceptors (Lipinski definition) is 5. The third kappa shape index (κ3) is 3.34. The zero-order valence-corrected chi connectivity index (χ0v) is 15.2. The molecule has 1 heterocycles. The van der Waals surface area contributed by atoms with Crippen molar-refractivity contribution in [3.63, 3.8) is 0 Å². The van der Waals surface area contributed by atoms with E-state index in [9.17, 15) is 14.7 Å². The Labute approximate surface area is 160 Å². The maximum Gasteiger partial charge on any atom is 0.340 e. The van der Waals surface area contributed by atoms with Gasteiger partial charge in [0.2, 0.25) is 0 Å². The fourth-order valence-electron chi connectivity index (χ4n) is 3.39. The van der Waals surface area contributed by atoms with Crippen molar-refractivity contribution in [3.05, 3.63) is 87.8 Å². The summed E-state index contributed by atoms with van der Waals surface area (Å²) in [5.74, 6) is -0.750. The molecular weight excluding hydrogens is 356 g/mol. The molecule has 0 saturated heterocycles. The van der Waals surface area contributed by atoms with Gasteiger partial charge in [-0.1, -0.05) is 42.5 Å². The molecule has 4 rings (SSSR count). The normalized spacial score (nSPS) is 11.0. The molecule has 0 amide bonds. The molecule has 3 aromatic carbocycles. The summed E-state index contributed by atoms with van der Waals surface area (Å²) in [5.41, 5.74) is 1.44. The zero-order chi connectivity index (χ0) is 19.7. The van der Waals surface area contributed by atoms with Gasteiger partial charge in [0, 0.05) is 29.4 Å². The Bertz CT molecular complexity index is 1250. The fraction of sp³-hybridized carbons (Fsp3) is 0.130. The van der Waals surface area contributed by atoms with E-state index in [2.05, 4.69) is 18.2 Å². The Balaban J connectivity index is 1.65. The summed E-state index contributed by atoms with van der Waals surface area (Å²) in [6.45, 7) is 2.08. The van der Waals surface area contributed by atoms with E-state index in [1.165, 1.54) is 0 Å². The highest BCUT2D eigenvalue weighted by molar-refractivity contribution is 5.86. The molecule has 0 aliphatic heterocycles. The van der Waals surface area contributed by atoms with E-state index in [4.69, 9.17) is 9.15 Å². The molecule has 5 nitrogen and oxygen atoms in total. The molecule has 28 heavy (non-hydrogen) atoms. The predicted molar refractivity (Wildman–Crippen MR) is 104 cm³/mol. The van der Waals surface area contributed by atoms with Crippen LogP contribution in [0.5, 0.6) is 5.75 Å². The van der Waals surface area contributed by atoms with Gasteiger partial charge >= 0.3 is 5.63 Å². The number of carboxylic acids is 1. The molecule has 1 aromatic heterocycles. The lowest BCUT2D eigenvalue weighted by Crippen LogP contribution is -2.27. The number of fused-ring (bicyclic) bond motifs is 2. The standard InChI is InChI=1S/C23H18O5/c1-14-18-10-9-17(11-21(18)28-23(26)20(14)12-22(24)25)27-13-16-7-4-6-15-5-2-3-8-19(15)16/h2-11H,12-13H2,1H3,(H,24,25)/p-1. The fourth-order valence-corrected chi connectivity index (χ4v) is 3.39. The average Bonchev–Trinajstić information content (AvgIpc) is 2.69. The van der Waals surface area contributed by atoms with Crippen LogP contribution in [0.4, 0.5) is 0 Å². The molecule has 0 bridgehead atoms. The molecule has 0 unspecified atom stereocenters. The van der Waals surface area contributed by atoms with E-state index in [1.54, 1.807) is 25.1 Å². The third-order valence-electron chi connectivity index (χ3n) is 4.85. The number of ether oxygens (including phenoxy) is 1. The highest BCUT2D eigenvalue weighted by Crippen LogP contribution is 2.26. The second-order valence-corrected chi connectivity index (χ2v) is 6.63. The summed E-state index contributed by atoms with van der Waals surface area (Å²) in [5, 5.41) is 13.8. The predicted octanol–water partition coefficient (Wildman–Crippen LogP) is 3.13. The number of aryl methyl sites for hydroxylation is 1. The van der Waals surface area contributed by atoms with Crippen LogP contribution in [0.3, 0.4) is 0 Å². The minimum absolute atomic E-state index is 0.108. The van der Waals surface area contributed by atoms with Gasteiger partial charge in [-0.3, -0.25) is 0 Å². The highest BCUT2D eigenvalue weighted by Gasteiger charge is 2.12. The van der Waals surface area contributed by atoms with Crippen LogP contribution in [-0.2, 0) is 17.8 Å². The van der Waals surface area contributed by atoms with E-state index in [0.29, 0.717) is 28.9 Å². The second-order valence-electron chi connectivity index (χ2n) is 6.63. The molecule has 4 aromatic rings. The molecule has 0 spiro atoms. The number of benzene rings is 3. The Morgan fingerprint density at radius 2 is 1.82 bits per heavy atom. The Morgan fingerprint density at radius 1 is 1.04 bits per heavy atom. The first-order valence-electron chi connectivity index (χ1n) is 8.88. The van der Waals surface area contributed by atoms with E-state index < -0.39 is 18.0 Å². The molecule has 0 saturated carbocycles. The lowest BCUT2D eigenvalue weighted by atomic mass is 10.0. The molecule has 0 aliphatic rings. The summed E-state index contributed by atoms with van der Waals surface area (Å²) >= 11 is 0. The lowest BCUT2D eigenvalue weighted by Gasteiger charge is -2.11. The van der Waals surface area contributed by atoms with E-state index in [-0.39, 0.29) is 5.56 Å². The van der Waals surface area contributed by atoms with Crippen LogP contribution in [0, 0.1) is 6.92 Å². The Hall–Kier alpha value is -3.60. The number of carbonyl (C=O) groups is 1. The maximum absolute atomic E-state index is 12.1. The van der Waals surface area contributed by atoms with Crippen molar-refractivity contribution >= 4 is 27.7 Å². The van der Waals surface area contributed by atoms with Gasteiger partial charge in [-0.05, 0) is 41.0 Å². The SMILES string of the molecule is Cc1c(CC(=O)[O-])c(=O)oc2cc(OCc3cccc4ccccc34)ccc12. The molecule has 0 N–H and O–H groups in total. The number of carboxylic acid groups (broad SMARTS) is 1. The average molecular weight is 373 g/mol. The molecule has 5 heteroatoms.